The Bertz CT molecular complexity index is 268. The second kappa shape index (κ2) is 3.58. The molecule has 0 atom stereocenters. The van der Waals surface area contributed by atoms with Crippen molar-refractivity contribution < 1.29 is 4.79 Å². The van der Waals surface area contributed by atoms with E-state index >= 15 is 0 Å². The molecule has 0 aromatic heterocycles. The van der Waals surface area contributed by atoms with Crippen LogP contribution in [0.2, 0.25) is 0 Å². The number of hydrogen-bond donors (Lipinski definition) is 0. The first-order valence-electron chi connectivity index (χ1n) is 3.41. The normalized spacial score (nSPS) is 9.64. The van der Waals surface area contributed by atoms with Crippen molar-refractivity contribution in [2.24, 2.45) is 0 Å². The highest BCUT2D eigenvalue weighted by molar-refractivity contribution is 8.11. The number of rotatable bonds is 2. The maximum Gasteiger partial charge on any atom is 0.180 e. The summed E-state index contributed by atoms with van der Waals surface area (Å²) in [5, 5.41) is 0. The van der Waals surface area contributed by atoms with Crippen LogP contribution >= 0.6 is 11.8 Å². The topological polar surface area (TPSA) is 17.1 Å². The molecule has 1 rings (SSSR count). The van der Waals surface area contributed by atoms with Crippen LogP contribution in [0.5, 0.6) is 0 Å². The predicted molar refractivity (Wildman–Crippen MR) is 48.5 cm³/mol. The molecule has 2 heteroatoms. The van der Waals surface area contributed by atoms with Gasteiger partial charge in [-0.05, 0) is 25.5 Å². The van der Waals surface area contributed by atoms with Crippen LogP contribution in [0.25, 0.3) is 0 Å². The SMILES string of the molecule is Cc1ccc(SC=O)c(C)c1. The quantitative estimate of drug-likeness (QED) is 0.496. The minimum absolute atomic E-state index is 0.859. The number of thioether (sulfide) groups is 1. The summed E-state index contributed by atoms with van der Waals surface area (Å²) in [5.41, 5.74) is 3.26. The Balaban J connectivity index is 2.98. The Morgan fingerprint density at radius 1 is 1.36 bits per heavy atom. The minimum Gasteiger partial charge on any atom is -0.291 e. The third-order valence-electron chi connectivity index (χ3n) is 1.51. The first-order chi connectivity index (χ1) is 5.24. The molecule has 0 N–H and O–H groups in total. The van der Waals surface area contributed by atoms with Crippen LogP contribution in [-0.4, -0.2) is 5.62 Å². The van der Waals surface area contributed by atoms with Gasteiger partial charge in [-0.15, -0.1) is 0 Å². The van der Waals surface area contributed by atoms with Crippen LogP contribution in [0.4, 0.5) is 0 Å². The zero-order chi connectivity index (χ0) is 8.27. The summed E-state index contributed by atoms with van der Waals surface area (Å²) < 4.78 is 0. The number of carbonyl (C=O) groups excluding carboxylic acids is 1. The Kier molecular flexibility index (Phi) is 2.71. The van der Waals surface area contributed by atoms with Gasteiger partial charge < -0.3 is 0 Å². The van der Waals surface area contributed by atoms with Crippen molar-refractivity contribution in [1.29, 1.82) is 0 Å². The van der Waals surface area contributed by atoms with Gasteiger partial charge in [0.05, 0.1) is 0 Å². The molecule has 0 fully saturated rings. The molecule has 0 aliphatic heterocycles. The lowest BCUT2D eigenvalue weighted by atomic mass is 10.2. The third-order valence-corrected chi connectivity index (χ3v) is 2.31. The standard InChI is InChI=1S/C9H10OS/c1-7-3-4-9(11-6-10)8(2)5-7/h3-6H,1-2H3. The Morgan fingerprint density at radius 3 is 2.64 bits per heavy atom. The van der Waals surface area contributed by atoms with Gasteiger partial charge in [0.25, 0.3) is 0 Å². The molecule has 0 saturated carbocycles. The molecule has 0 heterocycles. The van der Waals surface area contributed by atoms with Crippen LogP contribution < -0.4 is 0 Å². The molecule has 58 valence electrons. The van der Waals surface area contributed by atoms with E-state index in [0.717, 1.165) is 10.5 Å². The van der Waals surface area contributed by atoms with Crippen molar-refractivity contribution in [1.82, 2.24) is 0 Å². The number of aryl methyl sites for hydroxylation is 2. The molecule has 0 amide bonds. The van der Waals surface area contributed by atoms with E-state index in [4.69, 9.17) is 0 Å². The molecule has 0 bridgehead atoms. The molecule has 0 saturated heterocycles. The van der Waals surface area contributed by atoms with E-state index in [1.807, 2.05) is 26.0 Å². The molecule has 1 nitrogen and oxygen atoms in total. The number of hydrogen-bond acceptors (Lipinski definition) is 2. The number of benzene rings is 1. The lowest BCUT2D eigenvalue weighted by Crippen LogP contribution is -1.80. The molecule has 1 aromatic carbocycles. The van der Waals surface area contributed by atoms with Crippen molar-refractivity contribution in [2.75, 3.05) is 0 Å². The molecular weight excluding hydrogens is 156 g/mol. The maximum absolute atomic E-state index is 10.2. The van der Waals surface area contributed by atoms with Gasteiger partial charge in [-0.1, -0.05) is 29.5 Å². The van der Waals surface area contributed by atoms with Crippen molar-refractivity contribution in [2.45, 2.75) is 18.7 Å². The van der Waals surface area contributed by atoms with Crippen LogP contribution in [-0.2, 0) is 4.79 Å². The average Bonchev–Trinajstić information content (AvgIpc) is 1.95. The molecule has 0 aliphatic rings. The smallest absolute Gasteiger partial charge is 0.180 e. The summed E-state index contributed by atoms with van der Waals surface area (Å²) in [6.07, 6.45) is 0. The second-order valence-electron chi connectivity index (χ2n) is 2.48. The van der Waals surface area contributed by atoms with Crippen molar-refractivity contribution in [3.63, 3.8) is 0 Å². The molecule has 0 spiro atoms. The predicted octanol–water partition coefficient (Wildman–Crippen LogP) is 2.59. The summed E-state index contributed by atoms with van der Waals surface area (Å²) in [5.74, 6) is 0. The minimum atomic E-state index is 0.859. The van der Waals surface area contributed by atoms with Gasteiger partial charge in [-0.3, -0.25) is 4.79 Å². The molecule has 11 heavy (non-hydrogen) atoms. The van der Waals surface area contributed by atoms with Crippen molar-refractivity contribution in [3.05, 3.63) is 29.3 Å². The van der Waals surface area contributed by atoms with Crippen LogP contribution in [0.15, 0.2) is 23.1 Å². The van der Waals surface area contributed by atoms with Gasteiger partial charge >= 0.3 is 0 Å². The molecular formula is C9H10OS. The first-order valence-corrected chi connectivity index (χ1v) is 4.29. The van der Waals surface area contributed by atoms with Gasteiger partial charge in [0.1, 0.15) is 0 Å². The Hall–Kier alpha value is -0.760. The van der Waals surface area contributed by atoms with Crippen LogP contribution in [0.3, 0.4) is 0 Å². The largest absolute Gasteiger partial charge is 0.291 e. The maximum atomic E-state index is 10.2. The Labute approximate surface area is 70.8 Å². The van der Waals surface area contributed by atoms with Crippen molar-refractivity contribution in [3.8, 4) is 0 Å². The lowest BCUT2D eigenvalue weighted by molar-refractivity contribution is 0.570. The van der Waals surface area contributed by atoms with E-state index < -0.39 is 0 Å². The fraction of sp³-hybridized carbons (Fsp3) is 0.222. The van der Waals surface area contributed by atoms with E-state index in [9.17, 15) is 4.79 Å². The second-order valence-corrected chi connectivity index (χ2v) is 3.35. The molecule has 0 radical (unpaired) electrons. The van der Waals surface area contributed by atoms with Gasteiger partial charge in [0, 0.05) is 4.90 Å². The van der Waals surface area contributed by atoms with Gasteiger partial charge in [0.15, 0.2) is 5.62 Å². The van der Waals surface area contributed by atoms with Gasteiger partial charge in [-0.25, -0.2) is 0 Å². The van der Waals surface area contributed by atoms with Gasteiger partial charge in [0.2, 0.25) is 0 Å². The van der Waals surface area contributed by atoms with Crippen LogP contribution in [0, 0.1) is 13.8 Å². The molecule has 0 unspecified atom stereocenters. The van der Waals surface area contributed by atoms with E-state index in [-0.39, 0.29) is 0 Å². The average molecular weight is 166 g/mol. The fourth-order valence-electron chi connectivity index (χ4n) is 0.983. The Morgan fingerprint density at radius 2 is 2.09 bits per heavy atom. The monoisotopic (exact) mass is 166 g/mol. The number of carbonyl (C=O) groups is 1. The zero-order valence-electron chi connectivity index (χ0n) is 6.63. The van der Waals surface area contributed by atoms with Crippen LogP contribution in [0.1, 0.15) is 11.1 Å². The summed E-state index contributed by atoms with van der Waals surface area (Å²) in [6.45, 7) is 4.06. The summed E-state index contributed by atoms with van der Waals surface area (Å²) >= 11 is 1.23. The highest BCUT2D eigenvalue weighted by Gasteiger charge is 1.96. The highest BCUT2D eigenvalue weighted by atomic mass is 32.2. The molecule has 1 aromatic rings. The van der Waals surface area contributed by atoms with Crippen molar-refractivity contribution >= 4 is 17.4 Å². The molecule has 0 aliphatic carbocycles. The third kappa shape index (κ3) is 2.09. The van der Waals surface area contributed by atoms with Gasteiger partial charge in [-0.2, -0.15) is 0 Å². The van der Waals surface area contributed by atoms with E-state index in [2.05, 4.69) is 6.07 Å². The highest BCUT2D eigenvalue weighted by Crippen LogP contribution is 2.20. The summed E-state index contributed by atoms with van der Waals surface area (Å²) in [7, 11) is 0. The summed E-state index contributed by atoms with van der Waals surface area (Å²) in [4.78, 5) is 11.2. The van der Waals surface area contributed by atoms with E-state index in [1.54, 1.807) is 0 Å². The zero-order valence-corrected chi connectivity index (χ0v) is 7.44. The first kappa shape index (κ1) is 8.34. The fourth-order valence-corrected chi connectivity index (χ4v) is 1.48. The summed E-state index contributed by atoms with van der Waals surface area (Å²) in [6, 6.07) is 6.06. The lowest BCUT2D eigenvalue weighted by Gasteiger charge is -2.00. The van der Waals surface area contributed by atoms with E-state index in [1.165, 1.54) is 22.9 Å². The van der Waals surface area contributed by atoms with E-state index in [0.29, 0.717) is 0 Å².